The van der Waals surface area contributed by atoms with Gasteiger partial charge < -0.3 is 4.90 Å². The van der Waals surface area contributed by atoms with Crippen LogP contribution in [0.15, 0.2) is 0 Å². The van der Waals surface area contributed by atoms with Gasteiger partial charge in [0.25, 0.3) is 0 Å². The van der Waals surface area contributed by atoms with Gasteiger partial charge in [-0.05, 0) is 37.5 Å². The van der Waals surface area contributed by atoms with E-state index in [0.29, 0.717) is 17.4 Å². The Morgan fingerprint density at radius 1 is 1.24 bits per heavy atom. The maximum atomic E-state index is 12.9. The highest BCUT2D eigenvalue weighted by molar-refractivity contribution is 5.84. The lowest BCUT2D eigenvalue weighted by molar-refractivity contribution is -0.134. The largest absolute Gasteiger partial charge is 0.323 e. The molecule has 2 aliphatic rings. The molecule has 0 spiro atoms. The van der Waals surface area contributed by atoms with Crippen LogP contribution in [0, 0.1) is 5.41 Å². The SMILES string of the molecule is CCCCC1NC(CCC)N(C2CCCC(C)(C)C2)C1=O. The number of carbonyl (C=O) groups excluding carboxylic acids is 1. The average Bonchev–Trinajstić information content (AvgIpc) is 2.72. The number of carbonyl (C=O) groups is 1. The quantitative estimate of drug-likeness (QED) is 0.801. The van der Waals surface area contributed by atoms with E-state index in [1.165, 1.54) is 32.1 Å². The van der Waals surface area contributed by atoms with Crippen LogP contribution in [0.4, 0.5) is 0 Å². The third kappa shape index (κ3) is 4.00. The molecule has 3 nitrogen and oxygen atoms in total. The molecule has 3 unspecified atom stereocenters. The molecule has 1 heterocycles. The van der Waals surface area contributed by atoms with Crippen LogP contribution in [-0.2, 0) is 4.79 Å². The Bertz CT molecular complexity index is 353. The predicted octanol–water partition coefficient (Wildman–Crippen LogP) is 4.07. The second-order valence-corrected chi connectivity index (χ2v) is 7.83. The van der Waals surface area contributed by atoms with Crippen LogP contribution < -0.4 is 5.32 Å². The minimum absolute atomic E-state index is 0.0755. The summed E-state index contributed by atoms with van der Waals surface area (Å²) in [6.07, 6.45) is 10.7. The van der Waals surface area contributed by atoms with Gasteiger partial charge in [-0.15, -0.1) is 0 Å². The summed E-state index contributed by atoms with van der Waals surface area (Å²) < 4.78 is 0. The molecule has 1 saturated carbocycles. The topological polar surface area (TPSA) is 32.3 Å². The first kappa shape index (κ1) is 16.8. The molecule has 0 aromatic heterocycles. The molecule has 1 saturated heterocycles. The molecule has 0 aromatic rings. The van der Waals surface area contributed by atoms with Crippen LogP contribution in [0.5, 0.6) is 0 Å². The molecule has 2 fully saturated rings. The summed E-state index contributed by atoms with van der Waals surface area (Å²) in [5, 5.41) is 3.63. The molecule has 0 bridgehead atoms. The summed E-state index contributed by atoms with van der Waals surface area (Å²) in [6, 6.07) is 0.531. The van der Waals surface area contributed by atoms with E-state index in [0.717, 1.165) is 25.7 Å². The van der Waals surface area contributed by atoms with Gasteiger partial charge in [0, 0.05) is 6.04 Å². The van der Waals surface area contributed by atoms with E-state index >= 15 is 0 Å². The number of nitrogens with zero attached hydrogens (tertiary/aromatic N) is 1. The third-order valence-electron chi connectivity index (χ3n) is 5.26. The Balaban J connectivity index is 2.08. The van der Waals surface area contributed by atoms with Crippen molar-refractivity contribution in [3.63, 3.8) is 0 Å². The van der Waals surface area contributed by atoms with Crippen molar-refractivity contribution < 1.29 is 4.79 Å². The zero-order valence-electron chi connectivity index (χ0n) is 14.5. The Kier molecular flexibility index (Phi) is 5.70. The van der Waals surface area contributed by atoms with Gasteiger partial charge in [-0.2, -0.15) is 0 Å². The first-order valence-corrected chi connectivity index (χ1v) is 9.06. The maximum Gasteiger partial charge on any atom is 0.241 e. The molecule has 3 heteroatoms. The Labute approximate surface area is 130 Å². The molecule has 0 radical (unpaired) electrons. The van der Waals surface area contributed by atoms with Crippen molar-refractivity contribution in [1.82, 2.24) is 10.2 Å². The molecule has 1 N–H and O–H groups in total. The standard InChI is InChI=1S/C18H34N2O/c1-5-7-11-15-17(21)20(16(19-15)9-6-2)14-10-8-12-18(3,4)13-14/h14-16,19H,5-13H2,1-4H3. The van der Waals surface area contributed by atoms with Crippen molar-refractivity contribution in [3.05, 3.63) is 0 Å². The van der Waals surface area contributed by atoms with Crippen LogP contribution in [-0.4, -0.2) is 29.1 Å². The van der Waals surface area contributed by atoms with Crippen LogP contribution in [0.3, 0.4) is 0 Å². The summed E-state index contributed by atoms with van der Waals surface area (Å²) in [5.74, 6) is 0.379. The van der Waals surface area contributed by atoms with Gasteiger partial charge in [0.05, 0.1) is 12.2 Å². The van der Waals surface area contributed by atoms with Gasteiger partial charge >= 0.3 is 0 Å². The van der Waals surface area contributed by atoms with E-state index in [4.69, 9.17) is 0 Å². The minimum Gasteiger partial charge on any atom is -0.323 e. The summed E-state index contributed by atoms with van der Waals surface area (Å²) in [4.78, 5) is 15.1. The Morgan fingerprint density at radius 3 is 2.62 bits per heavy atom. The second kappa shape index (κ2) is 7.13. The number of rotatable bonds is 6. The highest BCUT2D eigenvalue weighted by Crippen LogP contribution is 2.39. The van der Waals surface area contributed by atoms with Crippen LogP contribution >= 0.6 is 0 Å². The fourth-order valence-corrected chi connectivity index (χ4v) is 4.16. The van der Waals surface area contributed by atoms with Crippen molar-refractivity contribution in [2.24, 2.45) is 5.41 Å². The van der Waals surface area contributed by atoms with Crippen LogP contribution in [0.2, 0.25) is 0 Å². The fraction of sp³-hybridized carbons (Fsp3) is 0.944. The van der Waals surface area contributed by atoms with Gasteiger partial charge in [-0.1, -0.05) is 53.4 Å². The fourth-order valence-electron chi connectivity index (χ4n) is 4.16. The van der Waals surface area contributed by atoms with Gasteiger partial charge in [-0.3, -0.25) is 10.1 Å². The molecule has 2 rings (SSSR count). The highest BCUT2D eigenvalue weighted by atomic mass is 16.2. The van der Waals surface area contributed by atoms with E-state index in [9.17, 15) is 4.79 Å². The molecule has 21 heavy (non-hydrogen) atoms. The molecular formula is C18H34N2O. The summed E-state index contributed by atoms with van der Waals surface area (Å²) >= 11 is 0. The predicted molar refractivity (Wildman–Crippen MR) is 88.0 cm³/mol. The van der Waals surface area contributed by atoms with Crippen molar-refractivity contribution in [2.75, 3.05) is 0 Å². The lowest BCUT2D eigenvalue weighted by Gasteiger charge is -2.41. The third-order valence-corrected chi connectivity index (χ3v) is 5.26. The van der Waals surface area contributed by atoms with E-state index < -0.39 is 0 Å². The van der Waals surface area contributed by atoms with Crippen molar-refractivity contribution in [3.8, 4) is 0 Å². The Hall–Kier alpha value is -0.570. The molecule has 3 atom stereocenters. The highest BCUT2D eigenvalue weighted by Gasteiger charge is 2.43. The zero-order valence-corrected chi connectivity index (χ0v) is 14.5. The van der Waals surface area contributed by atoms with Crippen LogP contribution in [0.25, 0.3) is 0 Å². The lowest BCUT2D eigenvalue weighted by atomic mass is 9.74. The van der Waals surface area contributed by atoms with Gasteiger partial charge in [0.2, 0.25) is 5.91 Å². The molecule has 1 amide bonds. The zero-order chi connectivity index (χ0) is 15.5. The van der Waals surface area contributed by atoms with Gasteiger partial charge in [0.15, 0.2) is 0 Å². The number of hydrogen-bond acceptors (Lipinski definition) is 2. The average molecular weight is 294 g/mol. The smallest absolute Gasteiger partial charge is 0.241 e. The van der Waals surface area contributed by atoms with Crippen molar-refractivity contribution in [2.45, 2.75) is 104 Å². The summed E-state index contributed by atoms with van der Waals surface area (Å²) in [6.45, 7) is 9.13. The minimum atomic E-state index is 0.0755. The number of hydrogen-bond donors (Lipinski definition) is 1. The molecule has 1 aliphatic carbocycles. The number of nitrogens with one attached hydrogen (secondary N) is 1. The molecule has 1 aliphatic heterocycles. The summed E-state index contributed by atoms with van der Waals surface area (Å²) in [5.41, 5.74) is 0.390. The van der Waals surface area contributed by atoms with Crippen LogP contribution in [0.1, 0.15) is 85.5 Å². The van der Waals surface area contributed by atoms with Gasteiger partial charge in [0.1, 0.15) is 0 Å². The summed E-state index contributed by atoms with van der Waals surface area (Å²) in [7, 11) is 0. The lowest BCUT2D eigenvalue weighted by Crippen LogP contribution is -2.47. The first-order valence-electron chi connectivity index (χ1n) is 9.06. The monoisotopic (exact) mass is 294 g/mol. The molecular weight excluding hydrogens is 260 g/mol. The van der Waals surface area contributed by atoms with Crippen molar-refractivity contribution >= 4 is 5.91 Å². The number of unbranched alkanes of at least 4 members (excludes halogenated alkanes) is 1. The first-order chi connectivity index (χ1) is 9.98. The van der Waals surface area contributed by atoms with E-state index in [2.05, 4.69) is 37.9 Å². The van der Waals surface area contributed by atoms with E-state index in [-0.39, 0.29) is 12.2 Å². The molecule has 122 valence electrons. The number of amides is 1. The molecule has 0 aromatic carbocycles. The van der Waals surface area contributed by atoms with Gasteiger partial charge in [-0.25, -0.2) is 0 Å². The normalized spacial score (nSPS) is 32.7. The van der Waals surface area contributed by atoms with E-state index in [1.807, 2.05) is 0 Å². The Morgan fingerprint density at radius 2 is 2.00 bits per heavy atom. The second-order valence-electron chi connectivity index (χ2n) is 7.83. The van der Waals surface area contributed by atoms with E-state index in [1.54, 1.807) is 0 Å². The maximum absolute atomic E-state index is 12.9. The van der Waals surface area contributed by atoms with Crippen molar-refractivity contribution in [1.29, 1.82) is 0 Å².